The van der Waals surface area contributed by atoms with Crippen LogP contribution in [0.5, 0.6) is 0 Å². The van der Waals surface area contributed by atoms with Crippen LogP contribution in [0.4, 0.5) is 0 Å². The van der Waals surface area contributed by atoms with E-state index in [9.17, 15) is 9.59 Å². The molecular weight excluding hydrogens is 142 g/mol. The molecule has 0 aromatic carbocycles. The zero-order valence-corrected chi connectivity index (χ0v) is 6.45. The summed E-state index contributed by atoms with van der Waals surface area (Å²) in [6, 6.07) is 0.634. The van der Waals surface area contributed by atoms with Crippen molar-refractivity contribution in [2.24, 2.45) is 0 Å². The number of rotatable bonds is 4. The highest BCUT2D eigenvalue weighted by atomic mass is 16.1. The van der Waals surface area contributed by atoms with Gasteiger partial charge in [0.05, 0.1) is 0 Å². The summed E-state index contributed by atoms with van der Waals surface area (Å²) in [6.45, 7) is 0. The minimum absolute atomic E-state index is 0.317. The van der Waals surface area contributed by atoms with E-state index in [4.69, 9.17) is 0 Å². The van der Waals surface area contributed by atoms with Crippen LogP contribution in [-0.4, -0.2) is 24.7 Å². The molecular formula is C8H13NO2. The fourth-order valence-electron chi connectivity index (χ4n) is 1.51. The van der Waals surface area contributed by atoms with Gasteiger partial charge in [-0.05, 0) is 12.8 Å². The lowest BCUT2D eigenvalue weighted by Crippen LogP contribution is -2.29. The first-order valence-corrected chi connectivity index (χ1v) is 4.00. The molecule has 0 unspecified atom stereocenters. The van der Waals surface area contributed by atoms with Gasteiger partial charge in [-0.3, -0.25) is 0 Å². The molecule has 0 aliphatic carbocycles. The molecule has 0 amide bonds. The van der Waals surface area contributed by atoms with E-state index < -0.39 is 0 Å². The normalized spacial score (nSPS) is 30.2. The van der Waals surface area contributed by atoms with E-state index in [2.05, 4.69) is 5.32 Å². The maximum Gasteiger partial charge on any atom is 0.121 e. The maximum atomic E-state index is 10.1. The summed E-state index contributed by atoms with van der Waals surface area (Å²) in [5.41, 5.74) is 0. The summed E-state index contributed by atoms with van der Waals surface area (Å²) in [4.78, 5) is 20.2. The minimum Gasteiger partial charge on any atom is -0.310 e. The second-order valence-corrected chi connectivity index (χ2v) is 2.94. The van der Waals surface area contributed by atoms with E-state index in [1.807, 2.05) is 0 Å². The van der Waals surface area contributed by atoms with Gasteiger partial charge in [0.1, 0.15) is 12.6 Å². The van der Waals surface area contributed by atoms with E-state index in [1.165, 1.54) is 0 Å². The van der Waals surface area contributed by atoms with E-state index in [0.29, 0.717) is 24.9 Å². The zero-order chi connectivity index (χ0) is 8.10. The van der Waals surface area contributed by atoms with Gasteiger partial charge >= 0.3 is 0 Å². The maximum absolute atomic E-state index is 10.1. The van der Waals surface area contributed by atoms with Crippen molar-refractivity contribution in [3.8, 4) is 0 Å². The lowest BCUT2D eigenvalue weighted by molar-refractivity contribution is -0.108. The Hall–Kier alpha value is -0.700. The average molecular weight is 155 g/mol. The van der Waals surface area contributed by atoms with E-state index in [0.717, 1.165) is 25.4 Å². The number of hydrogen-bond donors (Lipinski definition) is 1. The zero-order valence-electron chi connectivity index (χ0n) is 6.45. The number of carbonyl (C=O) groups is 2. The van der Waals surface area contributed by atoms with E-state index in [1.54, 1.807) is 0 Å². The standard InChI is InChI=1S/C8H13NO2/c10-5-3-7-1-2-8(9-7)4-6-11/h5-9H,1-4H2/t7-,8-/m0/s1. The van der Waals surface area contributed by atoms with Crippen molar-refractivity contribution in [2.75, 3.05) is 0 Å². The SMILES string of the molecule is O=CC[C@@H]1CC[C@@H](CC=O)N1. The average Bonchev–Trinajstić information content (AvgIpc) is 2.38. The molecule has 1 N–H and O–H groups in total. The summed E-state index contributed by atoms with van der Waals surface area (Å²) in [5, 5.41) is 3.23. The monoisotopic (exact) mass is 155 g/mol. The van der Waals surface area contributed by atoms with Crippen molar-refractivity contribution >= 4 is 12.6 Å². The third-order valence-corrected chi connectivity index (χ3v) is 2.10. The van der Waals surface area contributed by atoms with Crippen molar-refractivity contribution in [3.05, 3.63) is 0 Å². The Morgan fingerprint density at radius 1 is 1.09 bits per heavy atom. The molecule has 3 nitrogen and oxygen atoms in total. The van der Waals surface area contributed by atoms with Gasteiger partial charge in [0, 0.05) is 24.9 Å². The first kappa shape index (κ1) is 8.40. The van der Waals surface area contributed by atoms with E-state index in [-0.39, 0.29) is 0 Å². The number of aldehydes is 2. The molecule has 0 radical (unpaired) electrons. The molecule has 1 aliphatic rings. The molecule has 3 heteroatoms. The first-order valence-electron chi connectivity index (χ1n) is 4.00. The van der Waals surface area contributed by atoms with Gasteiger partial charge in [-0.1, -0.05) is 0 Å². The Labute approximate surface area is 66.2 Å². The quantitative estimate of drug-likeness (QED) is 0.593. The second-order valence-electron chi connectivity index (χ2n) is 2.94. The Balaban J connectivity index is 2.22. The van der Waals surface area contributed by atoms with Gasteiger partial charge in [-0.2, -0.15) is 0 Å². The van der Waals surface area contributed by atoms with Crippen LogP contribution >= 0.6 is 0 Å². The highest BCUT2D eigenvalue weighted by molar-refractivity contribution is 5.52. The lowest BCUT2D eigenvalue weighted by atomic mass is 10.1. The summed E-state index contributed by atoms with van der Waals surface area (Å²) >= 11 is 0. The molecule has 11 heavy (non-hydrogen) atoms. The number of carbonyl (C=O) groups excluding carboxylic acids is 2. The van der Waals surface area contributed by atoms with Crippen molar-refractivity contribution in [3.63, 3.8) is 0 Å². The Morgan fingerprint density at radius 2 is 1.55 bits per heavy atom. The van der Waals surface area contributed by atoms with Crippen molar-refractivity contribution < 1.29 is 9.59 Å². The van der Waals surface area contributed by atoms with Gasteiger partial charge in [0.25, 0.3) is 0 Å². The summed E-state index contributed by atoms with van der Waals surface area (Å²) in [6.07, 6.45) is 5.07. The molecule has 1 rings (SSSR count). The molecule has 1 heterocycles. The lowest BCUT2D eigenvalue weighted by Gasteiger charge is -2.08. The topological polar surface area (TPSA) is 46.2 Å². The number of hydrogen-bond acceptors (Lipinski definition) is 3. The summed E-state index contributed by atoms with van der Waals surface area (Å²) in [5.74, 6) is 0. The van der Waals surface area contributed by atoms with Gasteiger partial charge in [-0.25, -0.2) is 0 Å². The van der Waals surface area contributed by atoms with Crippen LogP contribution in [0.15, 0.2) is 0 Å². The fraction of sp³-hybridized carbons (Fsp3) is 0.750. The van der Waals surface area contributed by atoms with Crippen LogP contribution in [-0.2, 0) is 9.59 Å². The van der Waals surface area contributed by atoms with E-state index >= 15 is 0 Å². The third-order valence-electron chi connectivity index (χ3n) is 2.10. The Bertz CT molecular complexity index is 131. The van der Waals surface area contributed by atoms with Crippen molar-refractivity contribution in [1.82, 2.24) is 5.32 Å². The second kappa shape index (κ2) is 4.23. The Kier molecular flexibility index (Phi) is 3.23. The highest BCUT2D eigenvalue weighted by Crippen LogP contribution is 2.15. The molecule has 1 aliphatic heterocycles. The van der Waals surface area contributed by atoms with Gasteiger partial charge in [0.15, 0.2) is 0 Å². The van der Waals surface area contributed by atoms with Gasteiger partial charge in [0.2, 0.25) is 0 Å². The van der Waals surface area contributed by atoms with Crippen LogP contribution in [0.1, 0.15) is 25.7 Å². The summed E-state index contributed by atoms with van der Waals surface area (Å²) < 4.78 is 0. The molecule has 1 saturated heterocycles. The molecule has 0 bridgehead atoms. The summed E-state index contributed by atoms with van der Waals surface area (Å²) in [7, 11) is 0. The molecule has 62 valence electrons. The highest BCUT2D eigenvalue weighted by Gasteiger charge is 2.22. The van der Waals surface area contributed by atoms with Crippen LogP contribution in [0.3, 0.4) is 0 Å². The molecule has 0 aromatic heterocycles. The van der Waals surface area contributed by atoms with Gasteiger partial charge in [-0.15, -0.1) is 0 Å². The van der Waals surface area contributed by atoms with Crippen LogP contribution in [0.25, 0.3) is 0 Å². The first-order chi connectivity index (χ1) is 5.36. The molecule has 0 spiro atoms. The smallest absolute Gasteiger partial charge is 0.121 e. The largest absolute Gasteiger partial charge is 0.310 e. The number of nitrogens with one attached hydrogen (secondary N) is 1. The molecule has 1 fully saturated rings. The minimum atomic E-state index is 0.317. The fourth-order valence-corrected chi connectivity index (χ4v) is 1.51. The van der Waals surface area contributed by atoms with Crippen LogP contribution in [0, 0.1) is 0 Å². The van der Waals surface area contributed by atoms with Crippen molar-refractivity contribution in [1.29, 1.82) is 0 Å². The predicted octanol–water partition coefficient (Wildman–Crippen LogP) is 0.285. The molecule has 0 saturated carbocycles. The van der Waals surface area contributed by atoms with Gasteiger partial charge < -0.3 is 14.9 Å². The van der Waals surface area contributed by atoms with Crippen LogP contribution in [0.2, 0.25) is 0 Å². The molecule has 2 atom stereocenters. The Morgan fingerprint density at radius 3 is 1.91 bits per heavy atom. The third kappa shape index (κ3) is 2.42. The molecule has 0 aromatic rings. The van der Waals surface area contributed by atoms with Crippen molar-refractivity contribution in [2.45, 2.75) is 37.8 Å². The predicted molar refractivity (Wildman–Crippen MR) is 41.3 cm³/mol. The van der Waals surface area contributed by atoms with Crippen LogP contribution < -0.4 is 5.32 Å².